The van der Waals surface area contributed by atoms with E-state index in [2.05, 4.69) is 28.9 Å². The average molecular weight is 274 g/mol. The number of aromatic nitrogens is 2. The summed E-state index contributed by atoms with van der Waals surface area (Å²) in [5, 5.41) is 0. The lowest BCUT2D eigenvalue weighted by Crippen LogP contribution is -2.33. The van der Waals surface area contributed by atoms with Gasteiger partial charge in [-0.3, -0.25) is 4.90 Å². The SMILES string of the molecule is CN(C)Cc1ccnc(C2CCCN2C2CCCC2)n1. The molecule has 1 aliphatic carbocycles. The maximum Gasteiger partial charge on any atom is 0.145 e. The summed E-state index contributed by atoms with van der Waals surface area (Å²) in [6.45, 7) is 2.13. The normalized spacial score (nSPS) is 24.9. The van der Waals surface area contributed by atoms with Crippen molar-refractivity contribution >= 4 is 0 Å². The van der Waals surface area contributed by atoms with Gasteiger partial charge < -0.3 is 4.90 Å². The smallest absolute Gasteiger partial charge is 0.145 e. The van der Waals surface area contributed by atoms with Gasteiger partial charge in [-0.25, -0.2) is 9.97 Å². The Morgan fingerprint density at radius 1 is 1.20 bits per heavy atom. The number of nitrogens with zero attached hydrogens (tertiary/aromatic N) is 4. The molecule has 4 heteroatoms. The van der Waals surface area contributed by atoms with Crippen LogP contribution in [0.2, 0.25) is 0 Å². The molecule has 20 heavy (non-hydrogen) atoms. The molecule has 1 unspecified atom stereocenters. The first kappa shape index (κ1) is 14.0. The van der Waals surface area contributed by atoms with E-state index in [1.54, 1.807) is 0 Å². The van der Waals surface area contributed by atoms with Crippen LogP contribution in [0.15, 0.2) is 12.3 Å². The van der Waals surface area contributed by atoms with Crippen molar-refractivity contribution in [1.82, 2.24) is 19.8 Å². The monoisotopic (exact) mass is 274 g/mol. The minimum Gasteiger partial charge on any atom is -0.304 e. The topological polar surface area (TPSA) is 32.3 Å². The van der Waals surface area contributed by atoms with E-state index in [-0.39, 0.29) is 0 Å². The van der Waals surface area contributed by atoms with Crippen LogP contribution in [0, 0.1) is 0 Å². The molecule has 4 nitrogen and oxygen atoms in total. The molecule has 3 rings (SSSR count). The third-order valence-corrected chi connectivity index (χ3v) is 4.60. The lowest BCUT2D eigenvalue weighted by atomic mass is 10.1. The van der Waals surface area contributed by atoms with Gasteiger partial charge in [0.15, 0.2) is 0 Å². The summed E-state index contributed by atoms with van der Waals surface area (Å²) in [5.74, 6) is 1.05. The van der Waals surface area contributed by atoms with Crippen LogP contribution in [0.1, 0.15) is 56.1 Å². The number of hydrogen-bond acceptors (Lipinski definition) is 4. The van der Waals surface area contributed by atoms with Crippen molar-refractivity contribution in [2.24, 2.45) is 0 Å². The van der Waals surface area contributed by atoms with Crippen LogP contribution >= 0.6 is 0 Å². The minimum atomic E-state index is 0.459. The standard InChI is InChI=1S/C16H26N4/c1-19(2)12-13-9-10-17-16(18-13)15-8-5-11-20(15)14-6-3-4-7-14/h9-10,14-15H,3-8,11-12H2,1-2H3. The molecular weight excluding hydrogens is 248 g/mol. The molecule has 2 heterocycles. The molecule has 0 N–H and O–H groups in total. The second-order valence-electron chi connectivity index (χ2n) is 6.48. The molecule has 1 aromatic heterocycles. The van der Waals surface area contributed by atoms with Gasteiger partial charge in [0.1, 0.15) is 5.82 Å². The van der Waals surface area contributed by atoms with E-state index in [9.17, 15) is 0 Å². The summed E-state index contributed by atoms with van der Waals surface area (Å²) in [4.78, 5) is 14.2. The molecule has 0 bridgehead atoms. The third kappa shape index (κ3) is 3.01. The fourth-order valence-corrected chi connectivity index (χ4v) is 3.72. The van der Waals surface area contributed by atoms with Gasteiger partial charge in [-0.05, 0) is 52.4 Å². The summed E-state index contributed by atoms with van der Waals surface area (Å²) < 4.78 is 0. The zero-order valence-electron chi connectivity index (χ0n) is 12.8. The molecule has 0 amide bonds. The number of rotatable bonds is 4. The van der Waals surface area contributed by atoms with Crippen molar-refractivity contribution in [2.45, 2.75) is 57.2 Å². The highest BCUT2D eigenvalue weighted by molar-refractivity contribution is 5.07. The molecular formula is C16H26N4. The summed E-state index contributed by atoms with van der Waals surface area (Å²) in [7, 11) is 4.17. The molecule has 1 saturated heterocycles. The molecule has 2 aliphatic rings. The fourth-order valence-electron chi connectivity index (χ4n) is 3.72. The molecule has 110 valence electrons. The maximum atomic E-state index is 4.82. The Kier molecular flexibility index (Phi) is 4.32. The van der Waals surface area contributed by atoms with E-state index in [4.69, 9.17) is 4.98 Å². The Balaban J connectivity index is 1.76. The summed E-state index contributed by atoms with van der Waals surface area (Å²) in [6, 6.07) is 3.28. The van der Waals surface area contributed by atoms with Crippen LogP contribution in [-0.4, -0.2) is 46.4 Å². The number of hydrogen-bond donors (Lipinski definition) is 0. The number of likely N-dealkylation sites (tertiary alicyclic amines) is 1. The van der Waals surface area contributed by atoms with Crippen LogP contribution in [0.5, 0.6) is 0 Å². The predicted molar refractivity (Wildman–Crippen MR) is 80.4 cm³/mol. The van der Waals surface area contributed by atoms with Gasteiger partial charge in [-0.15, -0.1) is 0 Å². The molecule has 1 atom stereocenters. The van der Waals surface area contributed by atoms with Gasteiger partial charge in [0.25, 0.3) is 0 Å². The zero-order valence-corrected chi connectivity index (χ0v) is 12.8. The molecule has 1 aliphatic heterocycles. The summed E-state index contributed by atoms with van der Waals surface area (Å²) >= 11 is 0. The van der Waals surface area contributed by atoms with Gasteiger partial charge in [0.2, 0.25) is 0 Å². The fraction of sp³-hybridized carbons (Fsp3) is 0.750. The van der Waals surface area contributed by atoms with Crippen molar-refractivity contribution in [3.8, 4) is 0 Å². The van der Waals surface area contributed by atoms with E-state index in [0.717, 1.165) is 24.1 Å². The molecule has 1 saturated carbocycles. The first-order chi connectivity index (χ1) is 9.74. The molecule has 0 aromatic carbocycles. The zero-order chi connectivity index (χ0) is 13.9. The predicted octanol–water partition coefficient (Wildman–Crippen LogP) is 2.62. The van der Waals surface area contributed by atoms with Crippen LogP contribution in [0.3, 0.4) is 0 Å². The Morgan fingerprint density at radius 2 is 2.00 bits per heavy atom. The highest BCUT2D eigenvalue weighted by Crippen LogP contribution is 2.36. The Morgan fingerprint density at radius 3 is 2.75 bits per heavy atom. The molecule has 0 radical (unpaired) electrons. The van der Waals surface area contributed by atoms with Gasteiger partial charge in [0.05, 0.1) is 11.7 Å². The van der Waals surface area contributed by atoms with Crippen LogP contribution in [0.4, 0.5) is 0 Å². The Labute approximate surface area is 122 Å². The summed E-state index contributed by atoms with van der Waals surface area (Å²) in [6.07, 6.45) is 9.99. The quantitative estimate of drug-likeness (QED) is 0.845. The highest BCUT2D eigenvalue weighted by atomic mass is 15.2. The van der Waals surface area contributed by atoms with Crippen LogP contribution < -0.4 is 0 Å². The lowest BCUT2D eigenvalue weighted by Gasteiger charge is -2.29. The van der Waals surface area contributed by atoms with Crippen molar-refractivity contribution in [3.63, 3.8) is 0 Å². The lowest BCUT2D eigenvalue weighted by molar-refractivity contribution is 0.176. The van der Waals surface area contributed by atoms with E-state index in [1.807, 2.05) is 12.3 Å². The van der Waals surface area contributed by atoms with E-state index in [1.165, 1.54) is 45.1 Å². The second-order valence-corrected chi connectivity index (χ2v) is 6.48. The van der Waals surface area contributed by atoms with E-state index in [0.29, 0.717) is 6.04 Å². The van der Waals surface area contributed by atoms with Crippen LogP contribution in [-0.2, 0) is 6.54 Å². The third-order valence-electron chi connectivity index (χ3n) is 4.60. The van der Waals surface area contributed by atoms with Crippen molar-refractivity contribution in [2.75, 3.05) is 20.6 Å². The molecule has 2 fully saturated rings. The van der Waals surface area contributed by atoms with Gasteiger partial charge in [0, 0.05) is 18.8 Å². The van der Waals surface area contributed by atoms with Gasteiger partial charge >= 0.3 is 0 Å². The largest absolute Gasteiger partial charge is 0.304 e. The van der Waals surface area contributed by atoms with Gasteiger partial charge in [-0.1, -0.05) is 12.8 Å². The molecule has 0 spiro atoms. The average Bonchev–Trinajstić information content (AvgIpc) is 3.09. The van der Waals surface area contributed by atoms with Crippen molar-refractivity contribution < 1.29 is 0 Å². The first-order valence-corrected chi connectivity index (χ1v) is 7.96. The first-order valence-electron chi connectivity index (χ1n) is 7.96. The van der Waals surface area contributed by atoms with E-state index < -0.39 is 0 Å². The van der Waals surface area contributed by atoms with Crippen molar-refractivity contribution in [3.05, 3.63) is 23.8 Å². The maximum absolute atomic E-state index is 4.82. The van der Waals surface area contributed by atoms with Gasteiger partial charge in [-0.2, -0.15) is 0 Å². The molecule has 1 aromatic rings. The van der Waals surface area contributed by atoms with Crippen LogP contribution in [0.25, 0.3) is 0 Å². The highest BCUT2D eigenvalue weighted by Gasteiger charge is 2.34. The Bertz CT molecular complexity index is 440. The van der Waals surface area contributed by atoms with E-state index >= 15 is 0 Å². The van der Waals surface area contributed by atoms with Crippen molar-refractivity contribution in [1.29, 1.82) is 0 Å². The Hall–Kier alpha value is -1.00. The second kappa shape index (κ2) is 6.19. The minimum absolute atomic E-state index is 0.459. The summed E-state index contributed by atoms with van der Waals surface area (Å²) in [5.41, 5.74) is 1.14.